The topological polar surface area (TPSA) is 61.7 Å². The first-order valence-corrected chi connectivity index (χ1v) is 15.2. The Balaban J connectivity index is 1.66. The van der Waals surface area contributed by atoms with Crippen molar-refractivity contribution in [2.24, 2.45) is 5.92 Å². The van der Waals surface area contributed by atoms with E-state index in [2.05, 4.69) is 59.2 Å². The van der Waals surface area contributed by atoms with E-state index in [0.717, 1.165) is 62.4 Å². The Morgan fingerprint density at radius 3 is 2.51 bits per heavy atom. The van der Waals surface area contributed by atoms with Crippen molar-refractivity contribution >= 4 is 17.5 Å². The summed E-state index contributed by atoms with van der Waals surface area (Å²) in [6.07, 6.45) is 10.3. The summed E-state index contributed by atoms with van der Waals surface area (Å²) in [4.78, 5) is 38.4. The maximum atomic E-state index is 13.9. The number of nitrogens with zero attached hydrogens (tertiary/aromatic N) is 5. The summed E-state index contributed by atoms with van der Waals surface area (Å²) in [6, 6.07) is 9.00. The fourth-order valence-electron chi connectivity index (χ4n) is 6.35. The van der Waals surface area contributed by atoms with Gasteiger partial charge in [-0.25, -0.2) is 4.98 Å². The Labute approximate surface area is 235 Å². The zero-order valence-electron chi connectivity index (χ0n) is 24.8. The lowest BCUT2D eigenvalue weighted by Gasteiger charge is -2.44. The van der Waals surface area contributed by atoms with Gasteiger partial charge in [0.2, 0.25) is 11.8 Å². The maximum Gasteiger partial charge on any atom is 0.226 e. The van der Waals surface area contributed by atoms with Gasteiger partial charge in [0.15, 0.2) is 0 Å². The van der Waals surface area contributed by atoms with Crippen LogP contribution in [0.2, 0.25) is 0 Å². The SMILES string of the molecule is CCC(=O)N1CCC2CCCC(CN(C(=O)CCn3ccnc3C(C)C)Cc3ccccc31)N2CCC(C)C. The molecule has 0 saturated carbocycles. The Morgan fingerprint density at radius 1 is 1.00 bits per heavy atom. The zero-order valence-corrected chi connectivity index (χ0v) is 24.8. The van der Waals surface area contributed by atoms with Crippen LogP contribution in [0, 0.1) is 5.92 Å². The molecule has 2 atom stereocenters. The number of benzene rings is 1. The van der Waals surface area contributed by atoms with Crippen molar-refractivity contribution < 1.29 is 9.59 Å². The predicted octanol–water partition coefficient (Wildman–Crippen LogP) is 5.84. The van der Waals surface area contributed by atoms with E-state index in [1.54, 1.807) is 0 Å². The van der Waals surface area contributed by atoms with Gasteiger partial charge in [0.25, 0.3) is 0 Å². The summed E-state index contributed by atoms with van der Waals surface area (Å²) in [5.74, 6) is 2.30. The Kier molecular flexibility index (Phi) is 10.2. The minimum Gasteiger partial charge on any atom is -0.337 e. The molecule has 2 aromatic rings. The first-order chi connectivity index (χ1) is 18.8. The van der Waals surface area contributed by atoms with Gasteiger partial charge in [-0.2, -0.15) is 0 Å². The van der Waals surface area contributed by atoms with Crippen LogP contribution < -0.4 is 4.90 Å². The second kappa shape index (κ2) is 13.6. The molecule has 214 valence electrons. The molecule has 1 aromatic heterocycles. The van der Waals surface area contributed by atoms with E-state index in [9.17, 15) is 9.59 Å². The van der Waals surface area contributed by atoms with Crippen molar-refractivity contribution in [3.8, 4) is 0 Å². The molecular weight excluding hydrogens is 486 g/mol. The molecule has 0 spiro atoms. The number of piperidine rings is 1. The van der Waals surface area contributed by atoms with Crippen molar-refractivity contribution in [2.45, 2.75) is 111 Å². The highest BCUT2D eigenvalue weighted by molar-refractivity contribution is 5.94. The molecule has 3 heterocycles. The monoisotopic (exact) mass is 535 g/mol. The molecule has 0 radical (unpaired) electrons. The molecule has 7 heteroatoms. The first kappa shape index (κ1) is 29.3. The first-order valence-electron chi connectivity index (χ1n) is 15.2. The lowest BCUT2D eigenvalue weighted by molar-refractivity contribution is -0.133. The van der Waals surface area contributed by atoms with Crippen molar-refractivity contribution in [1.29, 1.82) is 0 Å². The summed E-state index contributed by atoms with van der Waals surface area (Å²) in [6.45, 7) is 14.5. The van der Waals surface area contributed by atoms with E-state index in [0.29, 0.717) is 49.9 Å². The smallest absolute Gasteiger partial charge is 0.226 e. The average Bonchev–Trinajstić information content (AvgIpc) is 3.40. The molecule has 2 amide bonds. The molecule has 2 aliphatic heterocycles. The van der Waals surface area contributed by atoms with Crippen molar-refractivity contribution in [3.63, 3.8) is 0 Å². The summed E-state index contributed by atoms with van der Waals surface area (Å²) < 4.78 is 2.12. The minimum absolute atomic E-state index is 0.155. The highest BCUT2D eigenvalue weighted by atomic mass is 16.2. The van der Waals surface area contributed by atoms with Crippen LogP contribution in [0.4, 0.5) is 5.69 Å². The normalized spacial score (nSPS) is 20.7. The van der Waals surface area contributed by atoms with Crippen LogP contribution >= 0.6 is 0 Å². The lowest BCUT2D eigenvalue weighted by Crippen LogP contribution is -2.53. The van der Waals surface area contributed by atoms with E-state index < -0.39 is 0 Å². The molecule has 7 nitrogen and oxygen atoms in total. The molecular formula is C32H49N5O2. The highest BCUT2D eigenvalue weighted by Gasteiger charge is 2.34. The number of para-hydroxylation sites is 1. The van der Waals surface area contributed by atoms with Gasteiger partial charge in [0.1, 0.15) is 5.82 Å². The van der Waals surface area contributed by atoms with Gasteiger partial charge in [0.05, 0.1) is 0 Å². The number of imidazole rings is 1. The number of aromatic nitrogens is 2. The number of amides is 2. The Bertz CT molecular complexity index is 1090. The minimum atomic E-state index is 0.155. The standard InChI is InChI=1S/C32H49N5O2/c1-6-30(38)37-20-15-27-11-9-12-28(36(27)19-14-24(2)3)23-35(22-26-10-7-8-13-29(26)37)31(39)16-18-34-21-17-33-32(34)25(4)5/h7-8,10,13,17,21,24-25,27-28H,6,9,11-12,14-16,18-20,22-23H2,1-5H3. The number of hydrogen-bond donors (Lipinski definition) is 0. The van der Waals surface area contributed by atoms with Crippen LogP contribution in [0.25, 0.3) is 0 Å². The summed E-state index contributed by atoms with van der Waals surface area (Å²) in [5, 5.41) is 0. The Morgan fingerprint density at radius 2 is 1.77 bits per heavy atom. The van der Waals surface area contributed by atoms with Crippen molar-refractivity contribution in [2.75, 3.05) is 24.5 Å². The molecule has 4 rings (SSSR count). The van der Waals surface area contributed by atoms with E-state index in [-0.39, 0.29) is 11.8 Å². The maximum absolute atomic E-state index is 13.9. The van der Waals surface area contributed by atoms with E-state index in [1.165, 1.54) is 6.42 Å². The third kappa shape index (κ3) is 7.30. The third-order valence-electron chi connectivity index (χ3n) is 8.52. The molecule has 2 unspecified atom stereocenters. The number of aryl methyl sites for hydroxylation is 1. The van der Waals surface area contributed by atoms with Crippen LogP contribution in [0.15, 0.2) is 36.7 Å². The average molecular weight is 536 g/mol. The molecule has 2 aliphatic rings. The van der Waals surface area contributed by atoms with Gasteiger partial charge in [-0.15, -0.1) is 0 Å². The van der Waals surface area contributed by atoms with Crippen LogP contribution in [0.3, 0.4) is 0 Å². The highest BCUT2D eigenvalue weighted by Crippen LogP contribution is 2.31. The van der Waals surface area contributed by atoms with Crippen LogP contribution in [0.1, 0.15) is 96.9 Å². The molecule has 1 saturated heterocycles. The van der Waals surface area contributed by atoms with Gasteiger partial charge in [-0.05, 0) is 49.8 Å². The fraction of sp³-hybridized carbons (Fsp3) is 0.656. The molecule has 2 bridgehead atoms. The summed E-state index contributed by atoms with van der Waals surface area (Å²) in [5.41, 5.74) is 2.02. The zero-order chi connectivity index (χ0) is 27.9. The van der Waals surface area contributed by atoms with E-state index >= 15 is 0 Å². The second-order valence-electron chi connectivity index (χ2n) is 12.1. The molecule has 39 heavy (non-hydrogen) atoms. The fourth-order valence-corrected chi connectivity index (χ4v) is 6.35. The molecule has 0 aliphatic carbocycles. The lowest BCUT2D eigenvalue weighted by atomic mass is 9.92. The number of hydrogen-bond acceptors (Lipinski definition) is 4. The van der Waals surface area contributed by atoms with Gasteiger partial charge >= 0.3 is 0 Å². The van der Waals surface area contributed by atoms with Gasteiger partial charge in [-0.1, -0.05) is 59.2 Å². The van der Waals surface area contributed by atoms with Gasteiger partial charge in [-0.3, -0.25) is 14.5 Å². The molecule has 0 N–H and O–H groups in total. The number of rotatable bonds is 8. The molecule has 1 aromatic carbocycles. The quantitative estimate of drug-likeness (QED) is 0.426. The van der Waals surface area contributed by atoms with Crippen LogP contribution in [-0.2, 0) is 22.7 Å². The van der Waals surface area contributed by atoms with Crippen LogP contribution in [0.5, 0.6) is 0 Å². The number of carbonyl (C=O) groups excluding carboxylic acids is 2. The second-order valence-corrected chi connectivity index (χ2v) is 12.1. The third-order valence-corrected chi connectivity index (χ3v) is 8.52. The van der Waals surface area contributed by atoms with Crippen molar-refractivity contribution in [3.05, 3.63) is 48.0 Å². The molecule has 1 fully saturated rings. The van der Waals surface area contributed by atoms with E-state index in [4.69, 9.17) is 0 Å². The number of carbonyl (C=O) groups is 2. The predicted molar refractivity (Wildman–Crippen MR) is 158 cm³/mol. The van der Waals surface area contributed by atoms with Gasteiger partial charge in [0, 0.05) is 75.1 Å². The number of fused-ring (bicyclic) bond motifs is 3. The van der Waals surface area contributed by atoms with E-state index in [1.807, 2.05) is 36.4 Å². The largest absolute Gasteiger partial charge is 0.337 e. The van der Waals surface area contributed by atoms with Gasteiger partial charge < -0.3 is 14.4 Å². The number of anilines is 1. The summed E-state index contributed by atoms with van der Waals surface area (Å²) in [7, 11) is 0. The summed E-state index contributed by atoms with van der Waals surface area (Å²) >= 11 is 0. The van der Waals surface area contributed by atoms with Crippen molar-refractivity contribution in [1.82, 2.24) is 19.4 Å². The Hall–Kier alpha value is -2.67. The van der Waals surface area contributed by atoms with Crippen LogP contribution in [-0.4, -0.2) is 62.9 Å².